The summed E-state index contributed by atoms with van der Waals surface area (Å²) in [4.78, 5) is 19.3. The second-order valence-electron chi connectivity index (χ2n) is 7.99. The molecular weight excluding hydrogens is 420 g/mol. The maximum absolute atomic E-state index is 12.4. The number of carbonyl (C=O) groups is 1. The quantitative estimate of drug-likeness (QED) is 0.437. The Kier molecular flexibility index (Phi) is 6.28. The van der Waals surface area contributed by atoms with Gasteiger partial charge in [0.05, 0.1) is 36.1 Å². The van der Waals surface area contributed by atoms with Crippen LogP contribution in [0.2, 0.25) is 0 Å². The first-order valence-electron chi connectivity index (χ1n) is 10.8. The number of para-hydroxylation sites is 1. The van der Waals surface area contributed by atoms with Crippen LogP contribution in [-0.2, 0) is 4.74 Å². The van der Waals surface area contributed by atoms with Crippen LogP contribution in [0.4, 0.5) is 0 Å². The number of ether oxygens (including phenoxy) is 1. The van der Waals surface area contributed by atoms with Crippen molar-refractivity contribution in [3.63, 3.8) is 0 Å². The van der Waals surface area contributed by atoms with Crippen molar-refractivity contribution in [1.29, 1.82) is 0 Å². The highest BCUT2D eigenvalue weighted by molar-refractivity contribution is 7.80. The van der Waals surface area contributed by atoms with Gasteiger partial charge in [0.25, 0.3) is 0 Å². The molecule has 0 unspecified atom stereocenters. The van der Waals surface area contributed by atoms with Crippen molar-refractivity contribution in [3.8, 4) is 5.69 Å². The highest BCUT2D eigenvalue weighted by atomic mass is 32.1. The Morgan fingerprint density at radius 3 is 2.62 bits per heavy atom. The topological polar surface area (TPSA) is 59.4 Å². The summed E-state index contributed by atoms with van der Waals surface area (Å²) in [5.74, 6) is -0.350. The van der Waals surface area contributed by atoms with Crippen molar-refractivity contribution in [2.24, 2.45) is 0 Å². The number of methoxy groups -OCH3 is 1. The lowest BCUT2D eigenvalue weighted by molar-refractivity contribution is 0.0600. The van der Waals surface area contributed by atoms with Crippen molar-refractivity contribution >= 4 is 23.3 Å². The molecule has 0 aliphatic carbocycles. The molecule has 7 heteroatoms. The summed E-state index contributed by atoms with van der Waals surface area (Å²) in [6.45, 7) is 7.16. The molecule has 0 amide bonds. The molecule has 0 bridgehead atoms. The molecule has 1 aromatic carbocycles. The Hall–Kier alpha value is -3.19. The molecule has 1 aliphatic heterocycles. The number of carbonyl (C=O) groups excluding carboxylic acids is 1. The van der Waals surface area contributed by atoms with Gasteiger partial charge in [-0.1, -0.05) is 25.1 Å². The smallest absolute Gasteiger partial charge is 0.339 e. The zero-order valence-corrected chi connectivity index (χ0v) is 19.6. The predicted molar refractivity (Wildman–Crippen MR) is 129 cm³/mol. The molecule has 0 spiro atoms. The molecule has 3 aromatic rings. The molecule has 3 heterocycles. The predicted octanol–water partition coefficient (Wildman–Crippen LogP) is 4.66. The Balaban J connectivity index is 1.86. The Morgan fingerprint density at radius 1 is 1.19 bits per heavy atom. The summed E-state index contributed by atoms with van der Waals surface area (Å²) < 4.78 is 7.15. The minimum absolute atomic E-state index is 0.00240. The van der Waals surface area contributed by atoms with Gasteiger partial charge in [-0.25, -0.2) is 4.79 Å². The molecule has 2 atom stereocenters. The van der Waals surface area contributed by atoms with Gasteiger partial charge in [-0.2, -0.15) is 0 Å². The number of rotatable bonds is 6. The SMILES string of the molecule is CCCN1C(=S)N[C@H](c2ccccn2)[C@@H]1c1cc(C)n(-c2ccccc2C(=O)OC)c1C. The normalized spacial score (nSPS) is 18.0. The molecule has 1 N–H and O–H groups in total. The zero-order valence-electron chi connectivity index (χ0n) is 18.8. The van der Waals surface area contributed by atoms with Gasteiger partial charge < -0.3 is 19.5 Å². The minimum atomic E-state index is -0.350. The summed E-state index contributed by atoms with van der Waals surface area (Å²) >= 11 is 5.73. The van der Waals surface area contributed by atoms with Crippen LogP contribution in [0.5, 0.6) is 0 Å². The maximum Gasteiger partial charge on any atom is 0.339 e. The Labute approximate surface area is 194 Å². The van der Waals surface area contributed by atoms with Gasteiger partial charge in [-0.05, 0) is 68.4 Å². The van der Waals surface area contributed by atoms with Crippen LogP contribution < -0.4 is 5.32 Å². The van der Waals surface area contributed by atoms with Gasteiger partial charge in [-0.15, -0.1) is 0 Å². The molecule has 0 radical (unpaired) electrons. The van der Waals surface area contributed by atoms with E-state index in [1.165, 1.54) is 12.7 Å². The number of aromatic nitrogens is 2. The average Bonchev–Trinajstić information content (AvgIpc) is 3.29. The number of esters is 1. The number of aryl methyl sites for hydroxylation is 1. The van der Waals surface area contributed by atoms with Crippen molar-refractivity contribution in [1.82, 2.24) is 19.8 Å². The largest absolute Gasteiger partial charge is 0.465 e. The van der Waals surface area contributed by atoms with E-state index in [0.29, 0.717) is 5.56 Å². The molecule has 32 heavy (non-hydrogen) atoms. The standard InChI is InChI=1S/C25H28N4O2S/c1-5-14-28-23(22(27-25(28)32)20-11-8-9-13-26-20)19-15-16(2)29(17(19)3)21-12-7-6-10-18(21)24(30)31-4/h6-13,15,22-23H,5,14H2,1-4H3,(H,27,32)/t22-,23+/m1/s1. The number of hydrogen-bond donors (Lipinski definition) is 1. The van der Waals surface area contributed by atoms with Crippen LogP contribution in [0.25, 0.3) is 5.69 Å². The molecule has 6 nitrogen and oxygen atoms in total. The first-order valence-corrected chi connectivity index (χ1v) is 11.2. The van der Waals surface area contributed by atoms with Crippen LogP contribution in [0.3, 0.4) is 0 Å². The lowest BCUT2D eigenvalue weighted by Crippen LogP contribution is -2.30. The molecular formula is C25H28N4O2S. The summed E-state index contributed by atoms with van der Waals surface area (Å²) in [5.41, 5.74) is 5.58. The lowest BCUT2D eigenvalue weighted by atomic mass is 9.96. The van der Waals surface area contributed by atoms with E-state index in [1.807, 2.05) is 42.6 Å². The van der Waals surface area contributed by atoms with Crippen LogP contribution in [0.15, 0.2) is 54.7 Å². The van der Waals surface area contributed by atoms with Gasteiger partial charge in [0, 0.05) is 24.1 Å². The number of nitrogens with one attached hydrogen (secondary N) is 1. The summed E-state index contributed by atoms with van der Waals surface area (Å²) in [5, 5.41) is 4.24. The fourth-order valence-electron chi connectivity index (χ4n) is 4.63. The van der Waals surface area contributed by atoms with E-state index < -0.39 is 0 Å². The highest BCUT2D eigenvalue weighted by Crippen LogP contribution is 2.41. The second kappa shape index (κ2) is 9.12. The highest BCUT2D eigenvalue weighted by Gasteiger charge is 2.41. The van der Waals surface area contributed by atoms with Crippen molar-refractivity contribution in [2.45, 2.75) is 39.3 Å². The van der Waals surface area contributed by atoms with E-state index in [2.05, 4.69) is 46.6 Å². The van der Waals surface area contributed by atoms with Gasteiger partial charge in [0.2, 0.25) is 0 Å². The lowest BCUT2D eigenvalue weighted by Gasteiger charge is -2.28. The van der Waals surface area contributed by atoms with E-state index in [1.54, 1.807) is 6.07 Å². The molecule has 1 fully saturated rings. The van der Waals surface area contributed by atoms with E-state index in [9.17, 15) is 4.79 Å². The number of nitrogens with zero attached hydrogens (tertiary/aromatic N) is 3. The van der Waals surface area contributed by atoms with Crippen LogP contribution in [0.1, 0.15) is 58.4 Å². The molecule has 1 saturated heterocycles. The molecule has 0 saturated carbocycles. The Bertz CT molecular complexity index is 1140. The van der Waals surface area contributed by atoms with Gasteiger partial charge in [-0.3, -0.25) is 4.98 Å². The summed E-state index contributed by atoms with van der Waals surface area (Å²) in [7, 11) is 1.41. The van der Waals surface area contributed by atoms with Gasteiger partial charge in [0.15, 0.2) is 5.11 Å². The molecule has 1 aliphatic rings. The molecule has 4 rings (SSSR count). The number of hydrogen-bond acceptors (Lipinski definition) is 4. The van der Waals surface area contributed by atoms with Crippen molar-refractivity contribution in [2.75, 3.05) is 13.7 Å². The number of pyridine rings is 1. The second-order valence-corrected chi connectivity index (χ2v) is 8.38. The third kappa shape index (κ3) is 3.77. The van der Waals surface area contributed by atoms with Crippen molar-refractivity contribution < 1.29 is 9.53 Å². The Morgan fingerprint density at radius 2 is 1.94 bits per heavy atom. The average molecular weight is 449 g/mol. The zero-order chi connectivity index (χ0) is 22.8. The number of thiocarbonyl (C=S) groups is 1. The van der Waals surface area contributed by atoms with E-state index in [4.69, 9.17) is 17.0 Å². The maximum atomic E-state index is 12.4. The first-order chi connectivity index (χ1) is 15.5. The fraction of sp³-hybridized carbons (Fsp3) is 0.320. The first kappa shape index (κ1) is 22.0. The van der Waals surface area contributed by atoms with Crippen molar-refractivity contribution in [3.05, 3.63) is 82.9 Å². The van der Waals surface area contributed by atoms with Gasteiger partial charge >= 0.3 is 5.97 Å². The van der Waals surface area contributed by atoms with Crippen LogP contribution >= 0.6 is 12.2 Å². The van der Waals surface area contributed by atoms with E-state index >= 15 is 0 Å². The van der Waals surface area contributed by atoms with E-state index in [-0.39, 0.29) is 18.1 Å². The summed E-state index contributed by atoms with van der Waals surface area (Å²) in [6, 6.07) is 15.6. The van der Waals surface area contributed by atoms with Crippen LogP contribution in [-0.4, -0.2) is 39.2 Å². The third-order valence-electron chi connectivity index (χ3n) is 6.00. The number of benzene rings is 1. The minimum Gasteiger partial charge on any atom is -0.465 e. The van der Waals surface area contributed by atoms with Crippen LogP contribution in [0, 0.1) is 13.8 Å². The monoisotopic (exact) mass is 448 g/mol. The van der Waals surface area contributed by atoms with E-state index in [0.717, 1.165) is 40.8 Å². The third-order valence-corrected chi connectivity index (χ3v) is 6.35. The fourth-order valence-corrected chi connectivity index (χ4v) is 4.97. The van der Waals surface area contributed by atoms with Gasteiger partial charge in [0.1, 0.15) is 0 Å². The summed E-state index contributed by atoms with van der Waals surface area (Å²) in [6.07, 6.45) is 2.80. The molecule has 2 aromatic heterocycles. The molecule has 166 valence electrons.